The molecule has 3 N–H and O–H groups in total. The Hall–Kier alpha value is -2.80. The van der Waals surface area contributed by atoms with Gasteiger partial charge in [0.05, 0.1) is 19.8 Å². The molecule has 0 bridgehead atoms. The average Bonchev–Trinajstić information content (AvgIpc) is 2.65. The Morgan fingerprint density at radius 2 is 2.08 bits per heavy atom. The molecule has 0 aliphatic rings. The second-order valence-electron chi connectivity index (χ2n) is 5.40. The molecule has 0 spiro atoms. The molecule has 7 heteroatoms. The molecule has 25 heavy (non-hydrogen) atoms. The van der Waals surface area contributed by atoms with E-state index < -0.39 is 0 Å². The number of aliphatic hydroxyl groups excluding tert-OH is 1. The van der Waals surface area contributed by atoms with E-state index in [2.05, 4.69) is 15.6 Å². The van der Waals surface area contributed by atoms with Gasteiger partial charge in [0, 0.05) is 24.9 Å². The maximum atomic E-state index is 11.7. The highest BCUT2D eigenvalue weighted by molar-refractivity contribution is 5.74. The zero-order chi connectivity index (χ0) is 18.1. The number of aliphatic hydroxyl groups is 1. The minimum absolute atomic E-state index is 0.0816. The van der Waals surface area contributed by atoms with Gasteiger partial charge in [-0.3, -0.25) is 0 Å². The van der Waals surface area contributed by atoms with Gasteiger partial charge in [-0.25, -0.2) is 9.78 Å². The number of ether oxygens (including phenoxy) is 2. The van der Waals surface area contributed by atoms with Gasteiger partial charge in [-0.1, -0.05) is 19.1 Å². The number of carbonyl (C=O) groups is 1. The Morgan fingerprint density at radius 1 is 1.28 bits per heavy atom. The van der Waals surface area contributed by atoms with Gasteiger partial charge in [0.2, 0.25) is 5.88 Å². The summed E-state index contributed by atoms with van der Waals surface area (Å²) in [5, 5.41) is 14.5. The van der Waals surface area contributed by atoms with Crippen LogP contribution in [0.25, 0.3) is 0 Å². The highest BCUT2D eigenvalue weighted by Gasteiger charge is 2.08. The van der Waals surface area contributed by atoms with Crippen molar-refractivity contribution in [1.29, 1.82) is 0 Å². The number of benzene rings is 1. The smallest absolute Gasteiger partial charge is 0.315 e. The standard InChI is InChI=1S/C18H23N3O4/c1-3-14(12-22)21-18(23)20-11-13-7-8-17(19-10-13)25-16-6-4-5-15(9-16)24-2/h4-10,14,22H,3,11-12H2,1-2H3,(H2,20,21,23). The van der Waals surface area contributed by atoms with Crippen molar-refractivity contribution >= 4 is 6.03 Å². The van der Waals surface area contributed by atoms with Crippen LogP contribution in [0.4, 0.5) is 4.79 Å². The number of rotatable bonds is 8. The van der Waals surface area contributed by atoms with Crippen LogP contribution >= 0.6 is 0 Å². The van der Waals surface area contributed by atoms with Gasteiger partial charge < -0.3 is 25.2 Å². The van der Waals surface area contributed by atoms with E-state index in [1.165, 1.54) is 0 Å². The zero-order valence-corrected chi connectivity index (χ0v) is 14.4. The van der Waals surface area contributed by atoms with E-state index in [1.807, 2.05) is 31.2 Å². The maximum Gasteiger partial charge on any atom is 0.315 e. The van der Waals surface area contributed by atoms with E-state index in [1.54, 1.807) is 25.4 Å². The molecule has 0 aliphatic carbocycles. The fraction of sp³-hybridized carbons (Fsp3) is 0.333. The number of carbonyl (C=O) groups excluding carboxylic acids is 1. The molecule has 7 nitrogen and oxygen atoms in total. The quantitative estimate of drug-likeness (QED) is 0.683. The summed E-state index contributed by atoms with van der Waals surface area (Å²) < 4.78 is 10.8. The zero-order valence-electron chi connectivity index (χ0n) is 14.4. The summed E-state index contributed by atoms with van der Waals surface area (Å²) in [7, 11) is 1.60. The first-order chi connectivity index (χ1) is 12.1. The van der Waals surface area contributed by atoms with Crippen LogP contribution in [0.5, 0.6) is 17.4 Å². The second-order valence-corrected chi connectivity index (χ2v) is 5.40. The van der Waals surface area contributed by atoms with E-state index in [0.29, 0.717) is 30.3 Å². The Kier molecular flexibility index (Phi) is 7.03. The van der Waals surface area contributed by atoms with Crippen molar-refractivity contribution in [2.75, 3.05) is 13.7 Å². The van der Waals surface area contributed by atoms with Crippen molar-refractivity contribution in [3.8, 4) is 17.4 Å². The van der Waals surface area contributed by atoms with Crippen molar-refractivity contribution < 1.29 is 19.4 Å². The Balaban J connectivity index is 1.86. The molecular formula is C18H23N3O4. The monoisotopic (exact) mass is 345 g/mol. The summed E-state index contributed by atoms with van der Waals surface area (Å²) in [6, 6.07) is 10.3. The molecule has 1 aromatic carbocycles. The van der Waals surface area contributed by atoms with Gasteiger partial charge in [-0.15, -0.1) is 0 Å². The number of nitrogens with zero attached hydrogens (tertiary/aromatic N) is 1. The van der Waals surface area contributed by atoms with Crippen molar-refractivity contribution in [3.05, 3.63) is 48.2 Å². The Labute approximate surface area is 147 Å². The summed E-state index contributed by atoms with van der Waals surface area (Å²) in [4.78, 5) is 15.9. The lowest BCUT2D eigenvalue weighted by atomic mass is 10.2. The van der Waals surface area contributed by atoms with Gasteiger partial charge in [-0.2, -0.15) is 0 Å². The van der Waals surface area contributed by atoms with Crippen LogP contribution in [0, 0.1) is 0 Å². The molecule has 1 unspecified atom stereocenters. The Bertz CT molecular complexity index is 672. The third-order valence-corrected chi connectivity index (χ3v) is 3.56. The third kappa shape index (κ3) is 5.96. The molecule has 0 fully saturated rings. The third-order valence-electron chi connectivity index (χ3n) is 3.56. The van der Waals surface area contributed by atoms with Gasteiger partial charge in [0.25, 0.3) is 0 Å². The number of aromatic nitrogens is 1. The normalized spacial score (nSPS) is 11.5. The van der Waals surface area contributed by atoms with E-state index in [-0.39, 0.29) is 18.7 Å². The summed E-state index contributed by atoms with van der Waals surface area (Å²) >= 11 is 0. The van der Waals surface area contributed by atoms with Crippen LogP contribution in [-0.2, 0) is 6.54 Å². The number of amides is 2. The van der Waals surface area contributed by atoms with E-state index in [0.717, 1.165) is 5.56 Å². The van der Waals surface area contributed by atoms with Gasteiger partial charge >= 0.3 is 6.03 Å². The molecule has 1 heterocycles. The predicted octanol–water partition coefficient (Wildman–Crippen LogP) is 2.45. The van der Waals surface area contributed by atoms with Gasteiger partial charge in [0.15, 0.2) is 0 Å². The number of pyridine rings is 1. The number of hydrogen-bond donors (Lipinski definition) is 3. The second kappa shape index (κ2) is 9.48. The van der Waals surface area contributed by atoms with E-state index >= 15 is 0 Å². The lowest BCUT2D eigenvalue weighted by Gasteiger charge is -2.14. The molecule has 1 aromatic heterocycles. The van der Waals surface area contributed by atoms with Crippen LogP contribution in [0.2, 0.25) is 0 Å². The SMILES string of the molecule is CCC(CO)NC(=O)NCc1ccc(Oc2cccc(OC)c2)nc1. The lowest BCUT2D eigenvalue weighted by molar-refractivity contribution is 0.214. The largest absolute Gasteiger partial charge is 0.497 e. The lowest BCUT2D eigenvalue weighted by Crippen LogP contribution is -2.43. The van der Waals surface area contributed by atoms with Crippen molar-refractivity contribution in [1.82, 2.24) is 15.6 Å². The van der Waals surface area contributed by atoms with Crippen molar-refractivity contribution in [2.45, 2.75) is 25.9 Å². The minimum Gasteiger partial charge on any atom is -0.497 e. The van der Waals surface area contributed by atoms with Crippen LogP contribution in [0.1, 0.15) is 18.9 Å². The molecule has 0 saturated heterocycles. The van der Waals surface area contributed by atoms with Crippen molar-refractivity contribution in [3.63, 3.8) is 0 Å². The highest BCUT2D eigenvalue weighted by Crippen LogP contribution is 2.23. The highest BCUT2D eigenvalue weighted by atomic mass is 16.5. The first-order valence-corrected chi connectivity index (χ1v) is 8.06. The summed E-state index contributed by atoms with van der Waals surface area (Å²) in [5.74, 6) is 1.79. The molecule has 0 radical (unpaired) electrons. The summed E-state index contributed by atoms with van der Waals surface area (Å²) in [6.45, 7) is 2.15. The van der Waals surface area contributed by atoms with Crippen LogP contribution in [0.3, 0.4) is 0 Å². The molecule has 0 aliphatic heterocycles. The number of nitrogens with one attached hydrogen (secondary N) is 2. The topological polar surface area (TPSA) is 92.7 Å². The molecule has 2 rings (SSSR count). The van der Waals surface area contributed by atoms with E-state index in [4.69, 9.17) is 14.6 Å². The van der Waals surface area contributed by atoms with E-state index in [9.17, 15) is 4.79 Å². The molecule has 2 amide bonds. The first kappa shape index (κ1) is 18.5. The molecule has 0 saturated carbocycles. The van der Waals surface area contributed by atoms with Crippen LogP contribution < -0.4 is 20.1 Å². The molecular weight excluding hydrogens is 322 g/mol. The molecule has 2 aromatic rings. The average molecular weight is 345 g/mol. The predicted molar refractivity (Wildman–Crippen MR) is 93.8 cm³/mol. The number of urea groups is 1. The summed E-state index contributed by atoms with van der Waals surface area (Å²) in [5.41, 5.74) is 0.838. The molecule has 134 valence electrons. The summed E-state index contributed by atoms with van der Waals surface area (Å²) in [6.07, 6.45) is 2.31. The number of hydrogen-bond acceptors (Lipinski definition) is 5. The number of methoxy groups -OCH3 is 1. The van der Waals surface area contributed by atoms with Crippen LogP contribution in [-0.4, -0.2) is 35.9 Å². The fourth-order valence-electron chi connectivity index (χ4n) is 2.06. The first-order valence-electron chi connectivity index (χ1n) is 8.06. The van der Waals surface area contributed by atoms with Gasteiger partial charge in [0.1, 0.15) is 11.5 Å². The molecule has 1 atom stereocenters. The minimum atomic E-state index is -0.322. The fourth-order valence-corrected chi connectivity index (χ4v) is 2.06. The van der Waals surface area contributed by atoms with Crippen molar-refractivity contribution in [2.24, 2.45) is 0 Å². The Morgan fingerprint density at radius 3 is 2.72 bits per heavy atom. The van der Waals surface area contributed by atoms with Crippen LogP contribution in [0.15, 0.2) is 42.6 Å². The maximum absolute atomic E-state index is 11.7. The van der Waals surface area contributed by atoms with Gasteiger partial charge in [-0.05, 0) is 24.1 Å².